The van der Waals surface area contributed by atoms with E-state index >= 15 is 0 Å². The monoisotopic (exact) mass is 447 g/mol. The van der Waals surface area contributed by atoms with Gasteiger partial charge in [0.2, 0.25) is 0 Å². The molecular weight excluding hydrogens is 432 g/mol. The summed E-state index contributed by atoms with van der Waals surface area (Å²) in [7, 11) is -5.45. The summed E-state index contributed by atoms with van der Waals surface area (Å²) < 4.78 is 6.18. The van der Waals surface area contributed by atoms with E-state index in [1.54, 1.807) is 0 Å². The lowest BCUT2D eigenvalue weighted by Crippen LogP contribution is -2.42. The van der Waals surface area contributed by atoms with Crippen molar-refractivity contribution in [2.75, 3.05) is 0 Å². The molecule has 9 nitrogen and oxygen atoms in total. The van der Waals surface area contributed by atoms with Crippen LogP contribution in [-0.4, -0.2) is 9.10 Å². The Bertz CT molecular complexity index is 232. The van der Waals surface area contributed by atoms with E-state index in [-0.39, 0.29) is 74.4 Å². The molecule has 1 aliphatic heterocycles. The molecule has 1 heterocycles. The van der Waals surface area contributed by atoms with Gasteiger partial charge in [-0.25, -0.2) is 4.52 Å². The van der Waals surface area contributed by atoms with Gasteiger partial charge in [0.05, 0.1) is 0 Å². The van der Waals surface area contributed by atoms with Crippen LogP contribution in [0.5, 0.6) is 0 Å². The number of nitrogens with two attached hydrogens (primary N) is 6. The third-order valence-electron chi connectivity index (χ3n) is 1.19. The van der Waals surface area contributed by atoms with Crippen molar-refractivity contribution in [3.05, 3.63) is 0 Å². The first-order chi connectivity index (χ1) is 5.36. The Morgan fingerprint density at radius 3 is 1.50 bits per heavy atom. The fourth-order valence-corrected chi connectivity index (χ4v) is 5.86. The normalized spacial score (nSPS) is 25.2. The van der Waals surface area contributed by atoms with E-state index in [9.17, 15) is 0 Å². The Kier molecular flexibility index (Phi) is 29.8. The number of hydrogen-bond donors (Lipinski definition) is 6. The molecule has 18 heavy (non-hydrogen) atoms. The van der Waals surface area contributed by atoms with Crippen LogP contribution in [0, 0.1) is 0 Å². The Balaban J connectivity index is -0.0000000600. The second-order valence-corrected chi connectivity index (χ2v) is 7.82. The van der Waals surface area contributed by atoms with Crippen LogP contribution in [0.3, 0.4) is 0 Å². The predicted molar refractivity (Wildman–Crippen MR) is 95.5 cm³/mol. The van der Waals surface area contributed by atoms with E-state index in [0.717, 1.165) is 4.55 Å². The summed E-state index contributed by atoms with van der Waals surface area (Å²) in [5.74, 6) is 11.0. The van der Waals surface area contributed by atoms with Crippen molar-refractivity contribution < 1.29 is 0 Å². The molecular formula is H18Cl6N9P3. The molecule has 120 valence electrons. The number of hydrazine groups is 2. The van der Waals surface area contributed by atoms with E-state index < -0.39 is 24.3 Å². The molecule has 0 aromatic heterocycles. The summed E-state index contributed by atoms with van der Waals surface area (Å²) in [6.07, 6.45) is 0. The molecule has 2 unspecified atom stereocenters. The predicted octanol–water partition coefficient (Wildman–Crippen LogP) is 1.12. The van der Waals surface area contributed by atoms with Crippen LogP contribution >= 0.6 is 98.7 Å². The van der Waals surface area contributed by atoms with Crippen LogP contribution in [0.4, 0.5) is 0 Å². The molecule has 0 fully saturated rings. The van der Waals surface area contributed by atoms with Gasteiger partial charge >= 0.3 is 0 Å². The summed E-state index contributed by atoms with van der Waals surface area (Å²) in [4.78, 5) is 0. The number of nitrogens with zero attached hydrogens (tertiary/aromatic N) is 3. The molecule has 0 saturated carbocycles. The highest BCUT2D eigenvalue weighted by molar-refractivity contribution is 7.81. The molecule has 2 atom stereocenters. The Morgan fingerprint density at radius 2 is 1.17 bits per heavy atom. The van der Waals surface area contributed by atoms with E-state index in [4.69, 9.17) is 33.7 Å². The average molecular weight is 450 g/mol. The van der Waals surface area contributed by atoms with Gasteiger partial charge in [-0.05, 0) is 0 Å². The van der Waals surface area contributed by atoms with Crippen LogP contribution < -0.4 is 33.7 Å². The van der Waals surface area contributed by atoms with Gasteiger partial charge in [0.15, 0.2) is 24.3 Å². The van der Waals surface area contributed by atoms with E-state index in [1.165, 1.54) is 4.55 Å². The highest BCUT2D eigenvalue weighted by Gasteiger charge is 2.35. The zero-order chi connectivity index (χ0) is 9.52. The first-order valence-electron chi connectivity index (χ1n) is 2.75. The van der Waals surface area contributed by atoms with Crippen molar-refractivity contribution >= 4 is 98.7 Å². The van der Waals surface area contributed by atoms with Crippen molar-refractivity contribution in [1.82, 2.24) is 9.10 Å². The van der Waals surface area contributed by atoms with Crippen molar-refractivity contribution in [2.45, 2.75) is 0 Å². The highest BCUT2D eigenvalue weighted by Crippen LogP contribution is 2.63. The van der Waals surface area contributed by atoms with Gasteiger partial charge in [0.1, 0.15) is 0 Å². The zero-order valence-corrected chi connectivity index (χ0v) is 16.2. The minimum Gasteiger partial charge on any atom is -0.282 e. The molecule has 1 rings (SSSR count). The fraction of sp³-hybridized carbons (Fsp3) is 0. The van der Waals surface area contributed by atoms with E-state index in [2.05, 4.69) is 4.52 Å². The third kappa shape index (κ3) is 8.72. The van der Waals surface area contributed by atoms with Gasteiger partial charge in [-0.1, -0.05) is 0 Å². The third-order valence-corrected chi connectivity index (χ3v) is 7.50. The maximum atomic E-state index is 5.60. The number of rotatable bonds is 0. The quantitative estimate of drug-likeness (QED) is 0.235. The maximum Gasteiger partial charge on any atom is 0.186 e. The first kappa shape index (κ1) is 37.1. The van der Waals surface area contributed by atoms with E-state index in [0.29, 0.717) is 0 Å². The zero-order valence-electron chi connectivity index (χ0n) is 8.60. The summed E-state index contributed by atoms with van der Waals surface area (Å²) in [6.45, 7) is 0. The Hall–Kier alpha value is 2.51. The second kappa shape index (κ2) is 14.4. The molecule has 0 aliphatic carbocycles. The van der Waals surface area contributed by atoms with Crippen molar-refractivity contribution in [3.8, 4) is 0 Å². The van der Waals surface area contributed by atoms with Crippen LogP contribution in [0.2, 0.25) is 0 Å². The number of hydrogen-bond acceptors (Lipinski definition) is 9. The standard InChI is InChI=1S/6ClH.H12N9P3/c;;;;;;1-8-10(3)7-12(5,6)9(2)11(8)4/h6*1H;1-6H2. The van der Waals surface area contributed by atoms with Crippen molar-refractivity contribution in [3.63, 3.8) is 0 Å². The van der Waals surface area contributed by atoms with Crippen LogP contribution in [-0.2, 0) is 0 Å². The second-order valence-electron chi connectivity index (χ2n) is 2.07. The molecule has 0 bridgehead atoms. The molecule has 0 amide bonds. The summed E-state index contributed by atoms with van der Waals surface area (Å²) in [5.41, 5.74) is 22.3. The van der Waals surface area contributed by atoms with Gasteiger partial charge in [-0.15, -0.1) is 83.5 Å². The van der Waals surface area contributed by atoms with E-state index in [1.807, 2.05) is 0 Å². The molecule has 0 aromatic carbocycles. The molecule has 0 radical (unpaired) electrons. The van der Waals surface area contributed by atoms with Gasteiger partial charge < -0.3 is 0 Å². The lowest BCUT2D eigenvalue weighted by molar-refractivity contribution is 0.646. The van der Waals surface area contributed by atoms with Crippen molar-refractivity contribution in [2.24, 2.45) is 38.2 Å². The van der Waals surface area contributed by atoms with Crippen molar-refractivity contribution in [1.29, 1.82) is 0 Å². The highest BCUT2D eigenvalue weighted by atomic mass is 35.5. The summed E-state index contributed by atoms with van der Waals surface area (Å²) in [5, 5.41) is 0. The number of halogens is 6. The maximum absolute atomic E-state index is 5.60. The SMILES string of the molecule is Cl.Cl.Cl.Cl.Cl.Cl.NN1P(N)N=P(N)(N)N(N)P1N. The first-order valence-corrected chi connectivity index (χ1v) is 7.21. The molecule has 0 saturated heterocycles. The lowest BCUT2D eigenvalue weighted by atomic mass is 12.9. The minimum absolute atomic E-state index is 0. The smallest absolute Gasteiger partial charge is 0.186 e. The molecule has 0 spiro atoms. The lowest BCUT2D eigenvalue weighted by Gasteiger charge is -2.40. The average Bonchev–Trinajstić information content (AvgIpc) is 1.97. The van der Waals surface area contributed by atoms with Crippen LogP contribution in [0.1, 0.15) is 0 Å². The molecule has 1 aliphatic rings. The Morgan fingerprint density at radius 1 is 0.833 bits per heavy atom. The molecule has 12 N–H and O–H groups in total. The Labute approximate surface area is 145 Å². The fourth-order valence-electron chi connectivity index (χ4n) is 0.563. The van der Waals surface area contributed by atoms with Crippen LogP contribution in [0.15, 0.2) is 4.52 Å². The summed E-state index contributed by atoms with van der Waals surface area (Å²) >= 11 is 0. The molecule has 0 aromatic rings. The largest absolute Gasteiger partial charge is 0.282 e. The van der Waals surface area contributed by atoms with Gasteiger partial charge in [-0.2, -0.15) is 0 Å². The van der Waals surface area contributed by atoms with Gasteiger partial charge in [0, 0.05) is 0 Å². The topological polar surface area (TPSA) is 175 Å². The van der Waals surface area contributed by atoms with Crippen LogP contribution in [0.25, 0.3) is 0 Å². The molecule has 18 heteroatoms. The van der Waals surface area contributed by atoms with Gasteiger partial charge in [-0.3, -0.25) is 33.7 Å². The summed E-state index contributed by atoms with van der Waals surface area (Å²) in [6, 6.07) is 0. The van der Waals surface area contributed by atoms with Gasteiger partial charge in [0.25, 0.3) is 0 Å². The minimum atomic E-state index is -2.66.